The van der Waals surface area contributed by atoms with Gasteiger partial charge in [-0.1, -0.05) is 30.3 Å². The molecule has 0 saturated carbocycles. The van der Waals surface area contributed by atoms with Crippen molar-refractivity contribution in [2.75, 3.05) is 18.1 Å². The van der Waals surface area contributed by atoms with Crippen LogP contribution < -0.4 is 5.32 Å². The Hall–Kier alpha value is -2.48. The van der Waals surface area contributed by atoms with Gasteiger partial charge in [-0.05, 0) is 18.1 Å². The summed E-state index contributed by atoms with van der Waals surface area (Å²) in [5, 5.41) is 13.6. The maximum Gasteiger partial charge on any atom is 0.311 e. The standard InChI is InChI=1S/C14H15N3O4S/c1-22(20,21)13-8-7-12(17(18)19)14(16-13)15-10-9-11-5-3-2-4-6-11/h2-8H,9-10H2,1H3,(H,15,16). The van der Waals surface area contributed by atoms with Gasteiger partial charge in [0.2, 0.25) is 5.82 Å². The first kappa shape index (κ1) is 15.9. The van der Waals surface area contributed by atoms with Crippen LogP contribution in [0.2, 0.25) is 0 Å². The zero-order chi connectivity index (χ0) is 16.2. The summed E-state index contributed by atoms with van der Waals surface area (Å²) in [5.74, 6) is -0.0381. The molecule has 0 aliphatic carbocycles. The Bertz CT molecular complexity index is 776. The zero-order valence-corrected chi connectivity index (χ0v) is 12.7. The molecule has 0 fully saturated rings. The Labute approximate surface area is 128 Å². The molecule has 0 bridgehead atoms. The van der Waals surface area contributed by atoms with E-state index in [9.17, 15) is 18.5 Å². The lowest BCUT2D eigenvalue weighted by atomic mass is 10.1. The minimum Gasteiger partial charge on any atom is -0.364 e. The van der Waals surface area contributed by atoms with Crippen molar-refractivity contribution in [3.05, 3.63) is 58.1 Å². The minimum absolute atomic E-state index is 0.0381. The predicted molar refractivity (Wildman–Crippen MR) is 82.6 cm³/mol. The van der Waals surface area contributed by atoms with Gasteiger partial charge in [0, 0.05) is 18.9 Å². The number of rotatable bonds is 6. The first-order valence-corrected chi connectivity index (χ1v) is 8.40. The molecule has 0 radical (unpaired) electrons. The summed E-state index contributed by atoms with van der Waals surface area (Å²) >= 11 is 0. The average Bonchev–Trinajstić information content (AvgIpc) is 2.47. The highest BCUT2D eigenvalue weighted by Gasteiger charge is 2.19. The molecule has 116 valence electrons. The first-order chi connectivity index (χ1) is 10.4. The van der Waals surface area contributed by atoms with Crippen LogP contribution in [0.1, 0.15) is 5.56 Å². The lowest BCUT2D eigenvalue weighted by Crippen LogP contribution is -2.11. The highest BCUT2D eigenvalue weighted by atomic mass is 32.2. The normalized spacial score (nSPS) is 11.1. The molecule has 2 rings (SSSR count). The van der Waals surface area contributed by atoms with Crippen LogP contribution in [0.15, 0.2) is 47.5 Å². The molecule has 0 amide bonds. The van der Waals surface area contributed by atoms with Crippen LogP contribution in [0.4, 0.5) is 11.5 Å². The van der Waals surface area contributed by atoms with E-state index in [1.807, 2.05) is 30.3 Å². The molecule has 1 N–H and O–H groups in total. The monoisotopic (exact) mass is 321 g/mol. The van der Waals surface area contributed by atoms with E-state index in [-0.39, 0.29) is 16.5 Å². The summed E-state index contributed by atoms with van der Waals surface area (Å²) in [6.07, 6.45) is 1.65. The van der Waals surface area contributed by atoms with Crippen LogP contribution in [0.3, 0.4) is 0 Å². The molecular formula is C14H15N3O4S. The molecule has 1 heterocycles. The van der Waals surface area contributed by atoms with Gasteiger partial charge in [-0.3, -0.25) is 10.1 Å². The van der Waals surface area contributed by atoms with E-state index in [0.717, 1.165) is 24.0 Å². The van der Waals surface area contributed by atoms with E-state index in [2.05, 4.69) is 10.3 Å². The molecule has 1 aromatic heterocycles. The Morgan fingerprint density at radius 2 is 1.86 bits per heavy atom. The van der Waals surface area contributed by atoms with Crippen LogP contribution in [0.25, 0.3) is 0 Å². The minimum atomic E-state index is -3.52. The Morgan fingerprint density at radius 3 is 2.45 bits per heavy atom. The third kappa shape index (κ3) is 4.01. The molecule has 1 aromatic carbocycles. The summed E-state index contributed by atoms with van der Waals surface area (Å²) < 4.78 is 23.0. The molecule has 0 saturated heterocycles. The number of anilines is 1. The number of nitro groups is 1. The van der Waals surface area contributed by atoms with Gasteiger partial charge in [-0.25, -0.2) is 13.4 Å². The molecule has 2 aromatic rings. The second kappa shape index (κ2) is 6.52. The molecular weight excluding hydrogens is 306 g/mol. The van der Waals surface area contributed by atoms with Gasteiger partial charge in [0.05, 0.1) is 4.92 Å². The van der Waals surface area contributed by atoms with Crippen molar-refractivity contribution >= 4 is 21.3 Å². The van der Waals surface area contributed by atoms with Crippen LogP contribution >= 0.6 is 0 Å². The number of hydrogen-bond acceptors (Lipinski definition) is 6. The Kier molecular flexibility index (Phi) is 4.71. The van der Waals surface area contributed by atoms with Crippen molar-refractivity contribution in [1.82, 2.24) is 4.98 Å². The largest absolute Gasteiger partial charge is 0.364 e. The van der Waals surface area contributed by atoms with Gasteiger partial charge in [0.25, 0.3) is 0 Å². The number of nitrogens with one attached hydrogen (secondary N) is 1. The van der Waals surface area contributed by atoms with Gasteiger partial charge in [-0.15, -0.1) is 0 Å². The molecule has 0 spiro atoms. The topological polar surface area (TPSA) is 102 Å². The number of sulfone groups is 1. The molecule has 0 aliphatic rings. The van der Waals surface area contributed by atoms with Crippen molar-refractivity contribution in [2.24, 2.45) is 0 Å². The number of pyridine rings is 1. The second-order valence-corrected chi connectivity index (χ2v) is 6.67. The fraction of sp³-hybridized carbons (Fsp3) is 0.214. The van der Waals surface area contributed by atoms with Crippen LogP contribution in [0.5, 0.6) is 0 Å². The summed E-state index contributed by atoms with van der Waals surface area (Å²) in [6, 6.07) is 11.9. The molecule has 0 unspecified atom stereocenters. The maximum absolute atomic E-state index is 11.5. The van der Waals surface area contributed by atoms with E-state index in [1.165, 1.54) is 0 Å². The van der Waals surface area contributed by atoms with E-state index in [0.29, 0.717) is 13.0 Å². The smallest absolute Gasteiger partial charge is 0.311 e. The van der Waals surface area contributed by atoms with Gasteiger partial charge in [0.15, 0.2) is 14.9 Å². The first-order valence-electron chi connectivity index (χ1n) is 6.51. The van der Waals surface area contributed by atoms with Crippen molar-refractivity contribution in [3.8, 4) is 0 Å². The Balaban J connectivity index is 2.18. The molecule has 8 heteroatoms. The van der Waals surface area contributed by atoms with E-state index >= 15 is 0 Å². The maximum atomic E-state index is 11.5. The number of hydrogen-bond donors (Lipinski definition) is 1. The van der Waals surface area contributed by atoms with Crippen LogP contribution in [-0.4, -0.2) is 31.1 Å². The average molecular weight is 321 g/mol. The van der Waals surface area contributed by atoms with Gasteiger partial charge >= 0.3 is 5.69 Å². The SMILES string of the molecule is CS(=O)(=O)c1ccc([N+](=O)[O-])c(NCCc2ccccc2)n1. The molecule has 0 aliphatic heterocycles. The lowest BCUT2D eigenvalue weighted by molar-refractivity contribution is -0.384. The molecule has 0 atom stereocenters. The Morgan fingerprint density at radius 1 is 1.18 bits per heavy atom. The van der Waals surface area contributed by atoms with E-state index in [4.69, 9.17) is 0 Å². The number of benzene rings is 1. The van der Waals surface area contributed by atoms with Crippen molar-refractivity contribution in [2.45, 2.75) is 11.4 Å². The summed E-state index contributed by atoms with van der Waals surface area (Å²) in [6.45, 7) is 0.408. The quantitative estimate of drug-likeness (QED) is 0.645. The summed E-state index contributed by atoms with van der Waals surface area (Å²) in [5.41, 5.74) is 0.817. The number of aromatic nitrogens is 1. The van der Waals surface area contributed by atoms with Gasteiger partial charge in [0.1, 0.15) is 0 Å². The predicted octanol–water partition coefficient (Wildman–Crippen LogP) is 2.05. The van der Waals surface area contributed by atoms with Crippen molar-refractivity contribution in [1.29, 1.82) is 0 Å². The highest BCUT2D eigenvalue weighted by molar-refractivity contribution is 7.90. The fourth-order valence-electron chi connectivity index (χ4n) is 1.89. The van der Waals surface area contributed by atoms with Crippen LogP contribution in [0, 0.1) is 10.1 Å². The van der Waals surface area contributed by atoms with Crippen molar-refractivity contribution in [3.63, 3.8) is 0 Å². The van der Waals surface area contributed by atoms with Gasteiger partial charge in [-0.2, -0.15) is 0 Å². The zero-order valence-electron chi connectivity index (χ0n) is 11.9. The third-order valence-corrected chi connectivity index (χ3v) is 3.96. The van der Waals surface area contributed by atoms with E-state index in [1.54, 1.807) is 0 Å². The molecule has 22 heavy (non-hydrogen) atoms. The lowest BCUT2D eigenvalue weighted by Gasteiger charge is -2.07. The molecule has 7 nitrogen and oxygen atoms in total. The summed E-state index contributed by atoms with van der Waals surface area (Å²) in [4.78, 5) is 14.3. The third-order valence-electron chi connectivity index (χ3n) is 2.97. The number of nitrogens with zero attached hydrogens (tertiary/aromatic N) is 2. The van der Waals surface area contributed by atoms with Crippen LogP contribution in [-0.2, 0) is 16.3 Å². The fourth-order valence-corrected chi connectivity index (χ4v) is 2.46. The van der Waals surface area contributed by atoms with Crippen molar-refractivity contribution < 1.29 is 13.3 Å². The van der Waals surface area contributed by atoms with Gasteiger partial charge < -0.3 is 5.32 Å². The van der Waals surface area contributed by atoms with E-state index < -0.39 is 14.8 Å². The second-order valence-electron chi connectivity index (χ2n) is 4.71. The highest BCUT2D eigenvalue weighted by Crippen LogP contribution is 2.23. The summed E-state index contributed by atoms with van der Waals surface area (Å²) in [7, 11) is -3.52.